The quantitative estimate of drug-likeness (QED) is 0.775. The second-order valence-electron chi connectivity index (χ2n) is 4.75. The van der Waals surface area contributed by atoms with Gasteiger partial charge in [0.15, 0.2) is 0 Å². The van der Waals surface area contributed by atoms with Crippen molar-refractivity contribution in [3.8, 4) is 0 Å². The predicted molar refractivity (Wildman–Crippen MR) is 61.9 cm³/mol. The second-order valence-corrected chi connectivity index (χ2v) is 4.75. The molecule has 2 aliphatic heterocycles. The summed E-state index contributed by atoms with van der Waals surface area (Å²) in [6.45, 7) is 3.42. The standard InChI is InChI=1S/C13H17FN2/c14-12-5-6-15-7-13(12)16-8-10-3-1-2-4-11(10)9-16/h1-4,12-13,15H,5-9H2/t12-,13+/m1/s1. The molecule has 0 aliphatic carbocycles. The molecule has 1 N–H and O–H groups in total. The first kappa shape index (κ1) is 10.2. The Hall–Kier alpha value is -0.930. The van der Waals surface area contributed by atoms with Crippen LogP contribution >= 0.6 is 0 Å². The lowest BCUT2D eigenvalue weighted by molar-refractivity contribution is 0.0836. The Labute approximate surface area is 95.4 Å². The first-order valence-corrected chi connectivity index (χ1v) is 6.00. The zero-order valence-electron chi connectivity index (χ0n) is 9.32. The van der Waals surface area contributed by atoms with Crippen LogP contribution in [0.3, 0.4) is 0 Å². The molecular weight excluding hydrogens is 203 g/mol. The highest BCUT2D eigenvalue weighted by Crippen LogP contribution is 2.27. The number of benzene rings is 1. The molecule has 0 saturated carbocycles. The van der Waals surface area contributed by atoms with Gasteiger partial charge in [0.25, 0.3) is 0 Å². The Morgan fingerprint density at radius 3 is 2.50 bits per heavy atom. The lowest BCUT2D eigenvalue weighted by Crippen LogP contribution is -2.50. The van der Waals surface area contributed by atoms with Crippen LogP contribution in [0.15, 0.2) is 24.3 Å². The van der Waals surface area contributed by atoms with Crippen LogP contribution in [0.5, 0.6) is 0 Å². The van der Waals surface area contributed by atoms with Crippen LogP contribution in [0, 0.1) is 0 Å². The maximum atomic E-state index is 13.8. The van der Waals surface area contributed by atoms with E-state index >= 15 is 0 Å². The Morgan fingerprint density at radius 1 is 1.19 bits per heavy atom. The Morgan fingerprint density at radius 2 is 1.88 bits per heavy atom. The van der Waals surface area contributed by atoms with Crippen molar-refractivity contribution in [2.45, 2.75) is 31.7 Å². The fourth-order valence-electron chi connectivity index (χ4n) is 2.76. The highest BCUT2D eigenvalue weighted by atomic mass is 19.1. The van der Waals surface area contributed by atoms with Gasteiger partial charge in [0.1, 0.15) is 6.17 Å². The molecule has 1 aromatic rings. The number of nitrogens with zero attached hydrogens (tertiary/aromatic N) is 1. The topological polar surface area (TPSA) is 15.3 Å². The fourth-order valence-corrected chi connectivity index (χ4v) is 2.76. The number of piperidine rings is 1. The molecule has 1 fully saturated rings. The van der Waals surface area contributed by atoms with E-state index < -0.39 is 6.17 Å². The van der Waals surface area contributed by atoms with Gasteiger partial charge in [-0.1, -0.05) is 24.3 Å². The zero-order chi connectivity index (χ0) is 11.0. The van der Waals surface area contributed by atoms with Gasteiger partial charge in [0.2, 0.25) is 0 Å². The summed E-state index contributed by atoms with van der Waals surface area (Å²) in [5.41, 5.74) is 2.72. The molecule has 0 bridgehead atoms. The van der Waals surface area contributed by atoms with Crippen LogP contribution in [0.25, 0.3) is 0 Å². The van der Waals surface area contributed by atoms with E-state index in [2.05, 4.69) is 34.5 Å². The van der Waals surface area contributed by atoms with E-state index in [4.69, 9.17) is 0 Å². The number of hydrogen-bond acceptors (Lipinski definition) is 2. The van der Waals surface area contributed by atoms with Crippen molar-refractivity contribution < 1.29 is 4.39 Å². The van der Waals surface area contributed by atoms with Crippen molar-refractivity contribution in [1.29, 1.82) is 0 Å². The summed E-state index contributed by atoms with van der Waals surface area (Å²) in [4.78, 5) is 2.27. The average molecular weight is 220 g/mol. The number of fused-ring (bicyclic) bond motifs is 1. The number of alkyl halides is 1. The number of halogens is 1. The predicted octanol–water partition coefficient (Wildman–Crippen LogP) is 1.70. The molecule has 2 aliphatic rings. The normalized spacial score (nSPS) is 30.3. The van der Waals surface area contributed by atoms with Crippen molar-refractivity contribution in [3.05, 3.63) is 35.4 Å². The number of hydrogen-bond donors (Lipinski definition) is 1. The maximum absolute atomic E-state index is 13.8. The van der Waals surface area contributed by atoms with Crippen molar-refractivity contribution in [2.24, 2.45) is 0 Å². The van der Waals surface area contributed by atoms with E-state index in [9.17, 15) is 4.39 Å². The minimum atomic E-state index is -0.671. The maximum Gasteiger partial charge on any atom is 0.118 e. The highest BCUT2D eigenvalue weighted by Gasteiger charge is 2.33. The van der Waals surface area contributed by atoms with E-state index in [0.717, 1.165) is 26.2 Å². The van der Waals surface area contributed by atoms with Crippen LogP contribution in [-0.2, 0) is 13.1 Å². The molecule has 1 saturated heterocycles. The van der Waals surface area contributed by atoms with Crippen LogP contribution < -0.4 is 5.32 Å². The van der Waals surface area contributed by atoms with Gasteiger partial charge >= 0.3 is 0 Å². The molecule has 2 heterocycles. The molecule has 3 rings (SSSR count). The first-order chi connectivity index (χ1) is 7.84. The SMILES string of the molecule is F[C@@H]1CCNC[C@@H]1N1Cc2ccccc2C1. The molecule has 86 valence electrons. The molecule has 2 atom stereocenters. The summed E-state index contributed by atoms with van der Waals surface area (Å²) >= 11 is 0. The smallest absolute Gasteiger partial charge is 0.118 e. The van der Waals surface area contributed by atoms with Gasteiger partial charge in [0, 0.05) is 19.6 Å². The zero-order valence-corrected chi connectivity index (χ0v) is 9.32. The molecule has 3 heteroatoms. The molecule has 0 spiro atoms. The van der Waals surface area contributed by atoms with Crippen LogP contribution in [-0.4, -0.2) is 30.2 Å². The fraction of sp³-hybridized carbons (Fsp3) is 0.538. The van der Waals surface area contributed by atoms with E-state index in [1.54, 1.807) is 0 Å². The molecule has 2 nitrogen and oxygen atoms in total. The summed E-state index contributed by atoms with van der Waals surface area (Å²) in [5.74, 6) is 0. The van der Waals surface area contributed by atoms with Crippen molar-refractivity contribution in [1.82, 2.24) is 10.2 Å². The average Bonchev–Trinajstić information content (AvgIpc) is 2.73. The highest BCUT2D eigenvalue weighted by molar-refractivity contribution is 5.30. The van der Waals surface area contributed by atoms with Crippen molar-refractivity contribution in [3.63, 3.8) is 0 Å². The van der Waals surface area contributed by atoms with Gasteiger partial charge in [-0.2, -0.15) is 0 Å². The molecule has 0 unspecified atom stereocenters. The lowest BCUT2D eigenvalue weighted by atomic mass is 10.0. The molecular formula is C13H17FN2. The van der Waals surface area contributed by atoms with E-state index in [-0.39, 0.29) is 6.04 Å². The second kappa shape index (κ2) is 4.15. The van der Waals surface area contributed by atoms with Crippen LogP contribution in [0.2, 0.25) is 0 Å². The summed E-state index contributed by atoms with van der Waals surface area (Å²) in [6, 6.07) is 8.49. The summed E-state index contributed by atoms with van der Waals surface area (Å²) in [7, 11) is 0. The minimum absolute atomic E-state index is 0.0566. The van der Waals surface area contributed by atoms with Crippen LogP contribution in [0.1, 0.15) is 17.5 Å². The van der Waals surface area contributed by atoms with Crippen molar-refractivity contribution in [2.75, 3.05) is 13.1 Å². The van der Waals surface area contributed by atoms with Gasteiger partial charge < -0.3 is 5.32 Å². The van der Waals surface area contributed by atoms with Gasteiger partial charge in [-0.15, -0.1) is 0 Å². The van der Waals surface area contributed by atoms with Gasteiger partial charge in [-0.05, 0) is 24.1 Å². The third-order valence-corrected chi connectivity index (χ3v) is 3.70. The molecule has 0 radical (unpaired) electrons. The summed E-state index contributed by atoms with van der Waals surface area (Å²) < 4.78 is 13.8. The van der Waals surface area contributed by atoms with E-state index in [1.165, 1.54) is 11.1 Å². The molecule has 16 heavy (non-hydrogen) atoms. The third-order valence-electron chi connectivity index (χ3n) is 3.70. The molecule has 1 aromatic carbocycles. The third kappa shape index (κ3) is 1.74. The Balaban J connectivity index is 1.75. The van der Waals surface area contributed by atoms with E-state index in [1.807, 2.05) is 0 Å². The first-order valence-electron chi connectivity index (χ1n) is 6.00. The van der Waals surface area contributed by atoms with E-state index in [0.29, 0.717) is 6.42 Å². The largest absolute Gasteiger partial charge is 0.315 e. The van der Waals surface area contributed by atoms with Gasteiger partial charge in [-0.3, -0.25) is 4.90 Å². The lowest BCUT2D eigenvalue weighted by Gasteiger charge is -2.34. The summed E-state index contributed by atoms with van der Waals surface area (Å²) in [5, 5.41) is 3.29. The molecule has 0 amide bonds. The van der Waals surface area contributed by atoms with Crippen LogP contribution in [0.4, 0.5) is 4.39 Å². The Bertz CT molecular complexity index is 355. The minimum Gasteiger partial charge on any atom is -0.315 e. The summed E-state index contributed by atoms with van der Waals surface area (Å²) in [6.07, 6.45) is -0.0205. The molecule has 0 aromatic heterocycles. The van der Waals surface area contributed by atoms with Crippen molar-refractivity contribution >= 4 is 0 Å². The van der Waals surface area contributed by atoms with Gasteiger partial charge in [-0.25, -0.2) is 4.39 Å². The number of rotatable bonds is 1. The monoisotopic (exact) mass is 220 g/mol. The Kier molecular flexibility index (Phi) is 2.65. The van der Waals surface area contributed by atoms with Gasteiger partial charge in [0.05, 0.1) is 6.04 Å². The number of nitrogens with one attached hydrogen (secondary N) is 1.